The van der Waals surface area contributed by atoms with Crippen molar-refractivity contribution >= 4 is 22.6 Å². The summed E-state index contributed by atoms with van der Waals surface area (Å²) in [5.74, 6) is 1.09. The largest absolute Gasteiger partial charge is 0.497 e. The molecule has 0 atom stereocenters. The molecule has 24 heavy (non-hydrogen) atoms. The van der Waals surface area contributed by atoms with Gasteiger partial charge in [0.25, 0.3) is 0 Å². The Bertz CT molecular complexity index is 864. The molecule has 1 N–H and O–H groups in total. The molecule has 0 unspecified atom stereocenters. The minimum absolute atomic E-state index is 0.146. The van der Waals surface area contributed by atoms with Crippen LogP contribution in [0.5, 0.6) is 11.5 Å². The molecule has 0 aliphatic rings. The minimum Gasteiger partial charge on any atom is -0.497 e. The second-order valence-electron chi connectivity index (χ2n) is 5.46. The zero-order valence-corrected chi connectivity index (χ0v) is 13.9. The number of imidazole rings is 1. The topological polar surface area (TPSA) is 65.4 Å². The fraction of sp³-hybridized carbons (Fsp3) is 0.222. The van der Waals surface area contributed by atoms with E-state index in [9.17, 15) is 4.79 Å². The van der Waals surface area contributed by atoms with Gasteiger partial charge in [0.15, 0.2) is 0 Å². The van der Waals surface area contributed by atoms with Gasteiger partial charge in [0.2, 0.25) is 5.91 Å². The van der Waals surface area contributed by atoms with Crippen molar-refractivity contribution in [1.82, 2.24) is 9.55 Å². The summed E-state index contributed by atoms with van der Waals surface area (Å²) in [5.41, 5.74) is 3.56. The van der Waals surface area contributed by atoms with Crippen molar-refractivity contribution in [1.29, 1.82) is 0 Å². The first-order valence-electron chi connectivity index (χ1n) is 7.54. The predicted molar refractivity (Wildman–Crippen MR) is 92.6 cm³/mol. The number of benzene rings is 2. The maximum absolute atomic E-state index is 12.4. The molecule has 3 aromatic rings. The Balaban J connectivity index is 1.80. The van der Waals surface area contributed by atoms with E-state index in [0.717, 1.165) is 16.6 Å². The van der Waals surface area contributed by atoms with Crippen molar-refractivity contribution in [3.05, 3.63) is 48.3 Å². The molecule has 0 radical (unpaired) electrons. The number of anilines is 1. The number of fused-ring (bicyclic) bond motifs is 1. The summed E-state index contributed by atoms with van der Waals surface area (Å²) in [6.45, 7) is 2.19. The lowest BCUT2D eigenvalue weighted by molar-refractivity contribution is -0.116. The summed E-state index contributed by atoms with van der Waals surface area (Å²) in [6, 6.07) is 11.1. The quantitative estimate of drug-likeness (QED) is 0.783. The third kappa shape index (κ3) is 3.17. The third-order valence-corrected chi connectivity index (χ3v) is 3.79. The SMILES string of the molecule is COc1cc(NC(=O)Cn2cnc3cccc(C)c32)cc(OC)c1. The molecule has 0 aliphatic heterocycles. The molecule has 0 aliphatic carbocycles. The molecule has 0 saturated carbocycles. The summed E-state index contributed by atoms with van der Waals surface area (Å²) >= 11 is 0. The van der Waals surface area contributed by atoms with Gasteiger partial charge >= 0.3 is 0 Å². The summed E-state index contributed by atoms with van der Waals surface area (Å²) in [5, 5.41) is 2.87. The second-order valence-corrected chi connectivity index (χ2v) is 5.46. The van der Waals surface area contributed by atoms with E-state index in [0.29, 0.717) is 17.2 Å². The van der Waals surface area contributed by atoms with Gasteiger partial charge in [-0.25, -0.2) is 4.98 Å². The van der Waals surface area contributed by atoms with Gasteiger partial charge in [0, 0.05) is 23.9 Å². The number of hydrogen-bond acceptors (Lipinski definition) is 4. The van der Waals surface area contributed by atoms with Gasteiger partial charge in [-0.1, -0.05) is 12.1 Å². The molecule has 124 valence electrons. The normalized spacial score (nSPS) is 10.6. The van der Waals surface area contributed by atoms with Crippen LogP contribution < -0.4 is 14.8 Å². The summed E-state index contributed by atoms with van der Waals surface area (Å²) in [4.78, 5) is 16.7. The Morgan fingerprint density at radius 1 is 1.17 bits per heavy atom. The van der Waals surface area contributed by atoms with E-state index in [1.807, 2.05) is 29.7 Å². The Hall–Kier alpha value is -3.02. The number of nitrogens with one attached hydrogen (secondary N) is 1. The van der Waals surface area contributed by atoms with Gasteiger partial charge in [-0.3, -0.25) is 4.79 Å². The van der Waals surface area contributed by atoms with Gasteiger partial charge in [-0.05, 0) is 18.6 Å². The number of para-hydroxylation sites is 1. The van der Waals surface area contributed by atoms with Crippen LogP contribution in [0.15, 0.2) is 42.7 Å². The first-order valence-corrected chi connectivity index (χ1v) is 7.54. The Kier molecular flexibility index (Phi) is 4.37. The zero-order valence-electron chi connectivity index (χ0n) is 13.9. The lowest BCUT2D eigenvalue weighted by Crippen LogP contribution is -2.18. The highest BCUT2D eigenvalue weighted by atomic mass is 16.5. The maximum Gasteiger partial charge on any atom is 0.244 e. The highest BCUT2D eigenvalue weighted by Gasteiger charge is 2.10. The van der Waals surface area contributed by atoms with Crippen LogP contribution in [0, 0.1) is 6.92 Å². The Morgan fingerprint density at radius 3 is 2.54 bits per heavy atom. The molecule has 0 saturated heterocycles. The number of methoxy groups -OCH3 is 2. The van der Waals surface area contributed by atoms with Crippen molar-refractivity contribution in [2.24, 2.45) is 0 Å². The molecule has 0 bridgehead atoms. The molecule has 0 spiro atoms. The lowest BCUT2D eigenvalue weighted by atomic mass is 10.2. The number of carbonyl (C=O) groups is 1. The monoisotopic (exact) mass is 325 g/mol. The lowest BCUT2D eigenvalue weighted by Gasteiger charge is -2.11. The molecule has 1 heterocycles. The van der Waals surface area contributed by atoms with Crippen LogP contribution in [0.2, 0.25) is 0 Å². The molecule has 2 aromatic carbocycles. The number of amides is 1. The van der Waals surface area contributed by atoms with Crippen molar-refractivity contribution in [3.63, 3.8) is 0 Å². The van der Waals surface area contributed by atoms with E-state index in [2.05, 4.69) is 10.3 Å². The van der Waals surface area contributed by atoms with Gasteiger partial charge in [-0.2, -0.15) is 0 Å². The number of nitrogens with zero attached hydrogens (tertiary/aromatic N) is 2. The maximum atomic E-state index is 12.4. The highest BCUT2D eigenvalue weighted by molar-refractivity contribution is 5.92. The molecule has 1 amide bonds. The van der Waals surface area contributed by atoms with E-state index in [1.165, 1.54) is 0 Å². The Morgan fingerprint density at radius 2 is 1.88 bits per heavy atom. The zero-order chi connectivity index (χ0) is 17.1. The molecule has 6 nitrogen and oxygen atoms in total. The van der Waals surface area contributed by atoms with Crippen molar-refractivity contribution in [2.75, 3.05) is 19.5 Å². The standard InChI is InChI=1S/C18H19N3O3/c1-12-5-4-6-16-18(12)21(11-19-16)10-17(22)20-13-7-14(23-2)9-15(8-13)24-3/h4-9,11H,10H2,1-3H3,(H,20,22). The van der Waals surface area contributed by atoms with Crippen LogP contribution >= 0.6 is 0 Å². The van der Waals surface area contributed by atoms with E-state index < -0.39 is 0 Å². The number of aryl methyl sites for hydroxylation is 1. The number of hydrogen-bond donors (Lipinski definition) is 1. The van der Waals surface area contributed by atoms with Crippen LogP contribution in [0.3, 0.4) is 0 Å². The van der Waals surface area contributed by atoms with Crippen LogP contribution in [-0.4, -0.2) is 29.7 Å². The predicted octanol–water partition coefficient (Wildman–Crippen LogP) is 3.00. The van der Waals surface area contributed by atoms with E-state index in [1.54, 1.807) is 38.7 Å². The number of rotatable bonds is 5. The van der Waals surface area contributed by atoms with E-state index >= 15 is 0 Å². The van der Waals surface area contributed by atoms with Crippen molar-refractivity contribution < 1.29 is 14.3 Å². The third-order valence-electron chi connectivity index (χ3n) is 3.79. The first kappa shape index (κ1) is 15.9. The van der Waals surface area contributed by atoms with Gasteiger partial charge in [0.1, 0.15) is 18.0 Å². The number of aromatic nitrogens is 2. The molecular formula is C18H19N3O3. The average Bonchev–Trinajstić information content (AvgIpc) is 2.98. The van der Waals surface area contributed by atoms with Crippen molar-refractivity contribution in [2.45, 2.75) is 13.5 Å². The molecule has 6 heteroatoms. The summed E-state index contributed by atoms with van der Waals surface area (Å²) < 4.78 is 12.3. The molecule has 1 aromatic heterocycles. The van der Waals surface area contributed by atoms with Crippen molar-refractivity contribution in [3.8, 4) is 11.5 Å². The Labute approximate surface area is 140 Å². The van der Waals surface area contributed by atoms with Crippen LogP contribution in [0.25, 0.3) is 11.0 Å². The summed E-state index contributed by atoms with van der Waals surface area (Å²) in [6.07, 6.45) is 1.68. The van der Waals surface area contributed by atoms with Crippen LogP contribution in [0.1, 0.15) is 5.56 Å². The molecule has 3 rings (SSSR count). The molecule has 0 fully saturated rings. The number of carbonyl (C=O) groups excluding carboxylic acids is 1. The van der Waals surface area contributed by atoms with E-state index in [-0.39, 0.29) is 12.5 Å². The number of ether oxygens (including phenoxy) is 2. The fourth-order valence-electron chi connectivity index (χ4n) is 2.67. The second kappa shape index (κ2) is 6.62. The summed E-state index contributed by atoms with van der Waals surface area (Å²) in [7, 11) is 3.14. The van der Waals surface area contributed by atoms with Gasteiger partial charge in [-0.15, -0.1) is 0 Å². The minimum atomic E-state index is -0.146. The average molecular weight is 325 g/mol. The van der Waals surface area contributed by atoms with Gasteiger partial charge in [0.05, 0.1) is 31.6 Å². The van der Waals surface area contributed by atoms with Gasteiger partial charge < -0.3 is 19.4 Å². The van der Waals surface area contributed by atoms with E-state index in [4.69, 9.17) is 9.47 Å². The van der Waals surface area contributed by atoms with Crippen LogP contribution in [0.4, 0.5) is 5.69 Å². The van der Waals surface area contributed by atoms with Crippen LogP contribution in [-0.2, 0) is 11.3 Å². The smallest absolute Gasteiger partial charge is 0.244 e. The molecular weight excluding hydrogens is 306 g/mol. The first-order chi connectivity index (χ1) is 11.6. The highest BCUT2D eigenvalue weighted by Crippen LogP contribution is 2.26. The fourth-order valence-corrected chi connectivity index (χ4v) is 2.67.